The summed E-state index contributed by atoms with van der Waals surface area (Å²) in [7, 11) is 0. The molecule has 4 nitrogen and oxygen atoms in total. The lowest BCUT2D eigenvalue weighted by Gasteiger charge is -2.03. The van der Waals surface area contributed by atoms with Crippen LogP contribution in [0, 0.1) is 0 Å². The van der Waals surface area contributed by atoms with E-state index in [2.05, 4.69) is 27.6 Å². The molecule has 1 aromatic carbocycles. The smallest absolute Gasteiger partial charge is 0.160 e. The lowest BCUT2D eigenvalue weighted by atomic mass is 10.2. The van der Waals surface area contributed by atoms with Crippen LogP contribution in [0.4, 0.5) is 0 Å². The summed E-state index contributed by atoms with van der Waals surface area (Å²) in [5.74, 6) is 0.932. The number of halogens is 1. The van der Waals surface area contributed by atoms with Crippen LogP contribution in [0.25, 0.3) is 5.65 Å². The summed E-state index contributed by atoms with van der Waals surface area (Å²) in [6, 6.07) is 16.2. The van der Waals surface area contributed by atoms with Gasteiger partial charge in [0.2, 0.25) is 0 Å². The number of pyridine rings is 1. The van der Waals surface area contributed by atoms with Gasteiger partial charge in [0.1, 0.15) is 0 Å². The molecule has 0 bridgehead atoms. The van der Waals surface area contributed by atoms with E-state index < -0.39 is 0 Å². The maximum Gasteiger partial charge on any atom is 0.160 e. The molecule has 0 atom stereocenters. The average molecular weight is 275 g/mol. The number of benzene rings is 1. The van der Waals surface area contributed by atoms with Gasteiger partial charge in [-0.15, -0.1) is 22.6 Å². The maximum atomic E-state index is 4.18. The topological polar surface area (TPSA) is 42.2 Å². The predicted octanol–water partition coefficient (Wildman–Crippen LogP) is 2.44. The van der Waals surface area contributed by atoms with Crippen molar-refractivity contribution in [3.05, 3.63) is 66.1 Å². The first-order valence-corrected chi connectivity index (χ1v) is 5.97. The quantitative estimate of drug-likeness (QED) is 0.795. The predicted molar refractivity (Wildman–Crippen MR) is 77.2 cm³/mol. The molecule has 0 saturated heterocycles. The average Bonchev–Trinajstić information content (AvgIpc) is 2.84. The number of hydrogen-bond donors (Lipinski definition) is 1. The molecule has 0 fully saturated rings. The van der Waals surface area contributed by atoms with Crippen LogP contribution in [0.1, 0.15) is 11.4 Å². The molecule has 0 unspecified atom stereocenters. The van der Waals surface area contributed by atoms with Gasteiger partial charge in [0.05, 0.1) is 6.54 Å². The fraction of sp³-hybridized carbons (Fsp3) is 0.143. The molecule has 0 aliphatic rings. The normalized spacial score (nSPS) is 10.3. The van der Waals surface area contributed by atoms with Crippen molar-refractivity contribution in [3.8, 4) is 0 Å². The van der Waals surface area contributed by atoms with Crippen molar-refractivity contribution in [3.63, 3.8) is 0 Å². The molecule has 0 radical (unpaired) electrons. The number of nitrogens with one attached hydrogen (secondary N) is 1. The summed E-state index contributed by atoms with van der Waals surface area (Å²) in [6.45, 7) is 1.54. The van der Waals surface area contributed by atoms with E-state index in [0.717, 1.165) is 18.0 Å². The van der Waals surface area contributed by atoms with E-state index in [0.29, 0.717) is 6.54 Å². The summed E-state index contributed by atoms with van der Waals surface area (Å²) in [5.41, 5.74) is 2.15. The van der Waals surface area contributed by atoms with Gasteiger partial charge in [-0.3, -0.25) is 4.40 Å². The van der Waals surface area contributed by atoms with E-state index in [-0.39, 0.29) is 12.4 Å². The molecular weight excluding hydrogens is 260 g/mol. The number of hydrogen-bond acceptors (Lipinski definition) is 3. The lowest BCUT2D eigenvalue weighted by molar-refractivity contribution is 0.657. The Bertz CT molecular complexity index is 636. The zero-order valence-corrected chi connectivity index (χ0v) is 11.2. The van der Waals surface area contributed by atoms with E-state index in [1.165, 1.54) is 5.56 Å². The van der Waals surface area contributed by atoms with Gasteiger partial charge in [-0.2, -0.15) is 0 Å². The van der Waals surface area contributed by atoms with Crippen molar-refractivity contribution in [1.82, 2.24) is 19.9 Å². The first-order chi connectivity index (χ1) is 8.93. The SMILES string of the molecule is Cl.c1ccc(CNCc2nnc3ccccn23)cc1. The van der Waals surface area contributed by atoms with Gasteiger partial charge < -0.3 is 5.32 Å². The molecule has 0 spiro atoms. The third-order valence-corrected chi connectivity index (χ3v) is 2.84. The van der Waals surface area contributed by atoms with E-state index in [9.17, 15) is 0 Å². The van der Waals surface area contributed by atoms with Crippen molar-refractivity contribution in [2.75, 3.05) is 0 Å². The van der Waals surface area contributed by atoms with Gasteiger partial charge >= 0.3 is 0 Å². The molecule has 1 N–H and O–H groups in total. The van der Waals surface area contributed by atoms with Crippen LogP contribution in [-0.4, -0.2) is 14.6 Å². The standard InChI is InChI=1S/C14H14N4.ClH/c1-2-6-12(7-3-1)10-15-11-14-17-16-13-8-4-5-9-18(13)14;/h1-9,15H,10-11H2;1H. The van der Waals surface area contributed by atoms with Crippen LogP contribution >= 0.6 is 12.4 Å². The summed E-state index contributed by atoms with van der Waals surface area (Å²) >= 11 is 0. The van der Waals surface area contributed by atoms with Gasteiger partial charge in [0.25, 0.3) is 0 Å². The Morgan fingerprint density at radius 2 is 1.68 bits per heavy atom. The van der Waals surface area contributed by atoms with Crippen molar-refractivity contribution < 1.29 is 0 Å². The van der Waals surface area contributed by atoms with Crippen LogP contribution < -0.4 is 5.32 Å². The Morgan fingerprint density at radius 3 is 2.53 bits per heavy atom. The Balaban J connectivity index is 0.00000133. The summed E-state index contributed by atoms with van der Waals surface area (Å²) in [6.07, 6.45) is 1.98. The van der Waals surface area contributed by atoms with Gasteiger partial charge in [0.15, 0.2) is 11.5 Å². The molecule has 0 aliphatic carbocycles. The summed E-state index contributed by atoms with van der Waals surface area (Å²) < 4.78 is 2.00. The fourth-order valence-electron chi connectivity index (χ4n) is 1.93. The molecule has 5 heteroatoms. The highest BCUT2D eigenvalue weighted by atomic mass is 35.5. The van der Waals surface area contributed by atoms with E-state index in [1.807, 2.05) is 47.0 Å². The van der Waals surface area contributed by atoms with Gasteiger partial charge in [-0.25, -0.2) is 0 Å². The summed E-state index contributed by atoms with van der Waals surface area (Å²) in [5, 5.41) is 11.7. The van der Waals surface area contributed by atoms with Gasteiger partial charge in [0, 0.05) is 12.7 Å². The third kappa shape index (κ3) is 3.10. The van der Waals surface area contributed by atoms with Gasteiger partial charge in [-0.1, -0.05) is 36.4 Å². The number of aromatic nitrogens is 3. The molecule has 3 rings (SSSR count). The Labute approximate surface area is 117 Å². The first kappa shape index (κ1) is 13.5. The van der Waals surface area contributed by atoms with Crippen LogP contribution in [0.3, 0.4) is 0 Å². The third-order valence-electron chi connectivity index (χ3n) is 2.84. The second-order valence-corrected chi connectivity index (χ2v) is 4.13. The van der Waals surface area contributed by atoms with Crippen LogP contribution in [0.15, 0.2) is 54.7 Å². The first-order valence-electron chi connectivity index (χ1n) is 5.97. The highest BCUT2D eigenvalue weighted by Gasteiger charge is 2.03. The number of nitrogens with zero attached hydrogens (tertiary/aromatic N) is 3. The highest BCUT2D eigenvalue weighted by molar-refractivity contribution is 5.85. The minimum atomic E-state index is 0. The van der Waals surface area contributed by atoms with Crippen LogP contribution in [-0.2, 0) is 13.1 Å². The minimum Gasteiger partial charge on any atom is -0.306 e. The Morgan fingerprint density at radius 1 is 0.895 bits per heavy atom. The molecule has 0 saturated carbocycles. The maximum absolute atomic E-state index is 4.18. The van der Waals surface area contributed by atoms with Crippen LogP contribution in [0.2, 0.25) is 0 Å². The van der Waals surface area contributed by atoms with E-state index >= 15 is 0 Å². The molecule has 2 aromatic heterocycles. The number of fused-ring (bicyclic) bond motifs is 1. The molecule has 19 heavy (non-hydrogen) atoms. The molecule has 0 aliphatic heterocycles. The largest absolute Gasteiger partial charge is 0.306 e. The molecule has 0 amide bonds. The van der Waals surface area contributed by atoms with Crippen molar-refractivity contribution in [2.24, 2.45) is 0 Å². The molecule has 2 heterocycles. The second-order valence-electron chi connectivity index (χ2n) is 4.13. The summed E-state index contributed by atoms with van der Waals surface area (Å²) in [4.78, 5) is 0. The zero-order valence-electron chi connectivity index (χ0n) is 10.4. The van der Waals surface area contributed by atoms with Crippen molar-refractivity contribution in [1.29, 1.82) is 0 Å². The van der Waals surface area contributed by atoms with E-state index in [1.54, 1.807) is 0 Å². The monoisotopic (exact) mass is 274 g/mol. The Kier molecular flexibility index (Phi) is 4.49. The van der Waals surface area contributed by atoms with E-state index in [4.69, 9.17) is 0 Å². The highest BCUT2D eigenvalue weighted by Crippen LogP contribution is 2.03. The Hall–Kier alpha value is -1.91. The van der Waals surface area contributed by atoms with Crippen molar-refractivity contribution >= 4 is 18.1 Å². The van der Waals surface area contributed by atoms with Gasteiger partial charge in [-0.05, 0) is 17.7 Å². The molecule has 3 aromatic rings. The lowest BCUT2D eigenvalue weighted by Crippen LogP contribution is -2.14. The molecular formula is C14H15ClN4. The van der Waals surface area contributed by atoms with Crippen molar-refractivity contribution in [2.45, 2.75) is 13.1 Å². The zero-order chi connectivity index (χ0) is 12.2. The number of rotatable bonds is 4. The second kappa shape index (κ2) is 6.31. The minimum absolute atomic E-state index is 0. The van der Waals surface area contributed by atoms with Crippen LogP contribution in [0.5, 0.6) is 0 Å². The molecule has 98 valence electrons. The fourth-order valence-corrected chi connectivity index (χ4v) is 1.93.